The average Bonchev–Trinajstić information content (AvgIpc) is 2.78. The van der Waals surface area contributed by atoms with Gasteiger partial charge in [-0.05, 0) is 27.2 Å². The van der Waals surface area contributed by atoms with E-state index < -0.39 is 11.4 Å². The lowest BCUT2D eigenvalue weighted by atomic mass is 10.1. The Morgan fingerprint density at radius 1 is 0.957 bits per heavy atom. The highest BCUT2D eigenvalue weighted by molar-refractivity contribution is 5.69. The monoisotopic (exact) mass is 328 g/mol. The Bertz CT molecular complexity index is 340. The number of hydrogen-bond donors (Lipinski definition) is 0. The van der Waals surface area contributed by atoms with Gasteiger partial charge in [-0.15, -0.1) is 0 Å². The van der Waals surface area contributed by atoms with E-state index in [-0.39, 0.29) is 12.6 Å². The molecule has 0 spiro atoms. The molecule has 0 radical (unpaired) electrons. The summed E-state index contributed by atoms with van der Waals surface area (Å²) in [4.78, 5) is 11.8. The van der Waals surface area contributed by atoms with Gasteiger partial charge in [-0.2, -0.15) is 0 Å². The molecule has 0 unspecified atom stereocenters. The third-order valence-corrected chi connectivity index (χ3v) is 4.24. The van der Waals surface area contributed by atoms with Gasteiger partial charge in [0.15, 0.2) is 5.79 Å². The van der Waals surface area contributed by atoms with Crippen LogP contribution < -0.4 is 0 Å². The smallest absolute Gasteiger partial charge is 0.305 e. The first-order valence-electron chi connectivity index (χ1n) is 9.37. The van der Waals surface area contributed by atoms with Crippen molar-refractivity contribution in [3.63, 3.8) is 0 Å². The summed E-state index contributed by atoms with van der Waals surface area (Å²) >= 11 is 0. The Morgan fingerprint density at radius 3 is 2.04 bits per heavy atom. The first-order valence-corrected chi connectivity index (χ1v) is 9.37. The molecule has 0 aromatic carbocycles. The fourth-order valence-corrected chi connectivity index (χ4v) is 2.94. The zero-order valence-electron chi connectivity index (χ0n) is 15.6. The third-order valence-electron chi connectivity index (χ3n) is 4.24. The minimum Gasteiger partial charge on any atom is -0.463 e. The van der Waals surface area contributed by atoms with Crippen LogP contribution in [-0.4, -0.2) is 30.6 Å². The number of hydrogen-bond acceptors (Lipinski definition) is 4. The van der Waals surface area contributed by atoms with Crippen LogP contribution in [0.15, 0.2) is 0 Å². The molecule has 0 bridgehead atoms. The molecule has 23 heavy (non-hydrogen) atoms. The SMILES string of the molecule is CCCCCCCCCCCC(=O)OC[C@]1(C)COC(C)(C)O1. The molecule has 1 fully saturated rings. The van der Waals surface area contributed by atoms with Crippen molar-refractivity contribution in [1.82, 2.24) is 0 Å². The largest absolute Gasteiger partial charge is 0.463 e. The summed E-state index contributed by atoms with van der Waals surface area (Å²) in [5.41, 5.74) is -0.516. The van der Waals surface area contributed by atoms with Crippen molar-refractivity contribution < 1.29 is 19.0 Å². The van der Waals surface area contributed by atoms with Crippen molar-refractivity contribution in [1.29, 1.82) is 0 Å². The predicted molar refractivity (Wildman–Crippen MR) is 92.3 cm³/mol. The van der Waals surface area contributed by atoms with Gasteiger partial charge in [-0.25, -0.2) is 0 Å². The molecular formula is C19H36O4. The number of ether oxygens (including phenoxy) is 3. The molecule has 1 saturated heterocycles. The molecule has 0 aromatic heterocycles. The van der Waals surface area contributed by atoms with Crippen molar-refractivity contribution >= 4 is 5.97 Å². The standard InChI is InChI=1S/C19H36O4/c1-5-6-7-8-9-10-11-12-13-14-17(20)21-15-19(4)16-22-18(2,3)23-19/h5-16H2,1-4H3/t19-/m1/s1. The molecule has 0 amide bonds. The van der Waals surface area contributed by atoms with Crippen LogP contribution in [-0.2, 0) is 19.0 Å². The van der Waals surface area contributed by atoms with Gasteiger partial charge in [-0.3, -0.25) is 4.79 Å². The predicted octanol–water partition coefficient (Wildman–Crippen LogP) is 4.99. The van der Waals surface area contributed by atoms with E-state index in [1.807, 2.05) is 20.8 Å². The van der Waals surface area contributed by atoms with Crippen LogP contribution in [0.1, 0.15) is 91.9 Å². The van der Waals surface area contributed by atoms with Crippen LogP contribution in [0.3, 0.4) is 0 Å². The molecule has 1 rings (SSSR count). The molecule has 0 aromatic rings. The molecule has 136 valence electrons. The maximum Gasteiger partial charge on any atom is 0.305 e. The number of carbonyl (C=O) groups is 1. The van der Waals surface area contributed by atoms with Crippen LogP contribution in [0.25, 0.3) is 0 Å². The Morgan fingerprint density at radius 2 is 1.52 bits per heavy atom. The highest BCUT2D eigenvalue weighted by Gasteiger charge is 2.42. The van der Waals surface area contributed by atoms with Gasteiger partial charge in [0.25, 0.3) is 0 Å². The lowest BCUT2D eigenvalue weighted by Crippen LogP contribution is -2.36. The summed E-state index contributed by atoms with van der Waals surface area (Å²) in [6, 6.07) is 0. The Labute approximate surface area is 142 Å². The van der Waals surface area contributed by atoms with Gasteiger partial charge >= 0.3 is 5.97 Å². The van der Waals surface area contributed by atoms with Gasteiger partial charge in [0.05, 0.1) is 6.61 Å². The molecule has 1 aliphatic heterocycles. The van der Waals surface area contributed by atoms with Crippen LogP contribution in [0.2, 0.25) is 0 Å². The van der Waals surface area contributed by atoms with Gasteiger partial charge in [0, 0.05) is 6.42 Å². The summed E-state index contributed by atoms with van der Waals surface area (Å²) in [7, 11) is 0. The highest BCUT2D eigenvalue weighted by atomic mass is 16.8. The molecule has 1 atom stereocenters. The maximum absolute atomic E-state index is 11.8. The van der Waals surface area contributed by atoms with Crippen molar-refractivity contribution in [3.8, 4) is 0 Å². The second-order valence-corrected chi connectivity index (χ2v) is 7.48. The molecule has 4 nitrogen and oxygen atoms in total. The molecule has 0 N–H and O–H groups in total. The summed E-state index contributed by atoms with van der Waals surface area (Å²) in [6.07, 6.45) is 11.8. The molecule has 0 aliphatic carbocycles. The normalized spacial score (nSPS) is 23.1. The first kappa shape index (κ1) is 20.4. The fraction of sp³-hybridized carbons (Fsp3) is 0.947. The minimum absolute atomic E-state index is 0.123. The molecule has 1 heterocycles. The van der Waals surface area contributed by atoms with E-state index in [2.05, 4.69) is 6.92 Å². The fourth-order valence-electron chi connectivity index (χ4n) is 2.94. The Hall–Kier alpha value is -0.610. The number of rotatable bonds is 12. The zero-order chi connectivity index (χ0) is 17.2. The van der Waals surface area contributed by atoms with E-state index in [4.69, 9.17) is 14.2 Å². The second-order valence-electron chi connectivity index (χ2n) is 7.48. The molecule has 1 aliphatic rings. The summed E-state index contributed by atoms with van der Waals surface area (Å²) in [5, 5.41) is 0. The van der Waals surface area contributed by atoms with Crippen molar-refractivity contribution in [2.45, 2.75) is 103 Å². The van der Waals surface area contributed by atoms with Crippen LogP contribution in [0, 0.1) is 0 Å². The number of esters is 1. The van der Waals surface area contributed by atoms with E-state index in [0.29, 0.717) is 13.0 Å². The zero-order valence-corrected chi connectivity index (χ0v) is 15.6. The molecular weight excluding hydrogens is 292 g/mol. The van der Waals surface area contributed by atoms with E-state index in [1.54, 1.807) is 0 Å². The Balaban J connectivity index is 1.97. The summed E-state index contributed by atoms with van der Waals surface area (Å²) < 4.78 is 16.7. The van der Waals surface area contributed by atoms with E-state index in [0.717, 1.165) is 12.8 Å². The van der Waals surface area contributed by atoms with Gasteiger partial charge in [0.2, 0.25) is 0 Å². The maximum atomic E-state index is 11.8. The second kappa shape index (κ2) is 10.3. The number of unbranched alkanes of at least 4 members (excludes halogenated alkanes) is 8. The van der Waals surface area contributed by atoms with Crippen LogP contribution in [0.4, 0.5) is 0 Å². The van der Waals surface area contributed by atoms with Crippen molar-refractivity contribution in [2.24, 2.45) is 0 Å². The minimum atomic E-state index is -0.585. The van der Waals surface area contributed by atoms with Crippen molar-refractivity contribution in [2.75, 3.05) is 13.2 Å². The number of carbonyl (C=O) groups excluding carboxylic acids is 1. The lowest BCUT2D eigenvalue weighted by Gasteiger charge is -2.24. The third kappa shape index (κ3) is 9.31. The average molecular weight is 328 g/mol. The van der Waals surface area contributed by atoms with Gasteiger partial charge in [-0.1, -0.05) is 58.3 Å². The van der Waals surface area contributed by atoms with E-state index >= 15 is 0 Å². The van der Waals surface area contributed by atoms with E-state index in [9.17, 15) is 4.79 Å². The highest BCUT2D eigenvalue weighted by Crippen LogP contribution is 2.30. The van der Waals surface area contributed by atoms with E-state index in [1.165, 1.54) is 44.9 Å². The van der Waals surface area contributed by atoms with Crippen LogP contribution in [0.5, 0.6) is 0 Å². The van der Waals surface area contributed by atoms with Crippen molar-refractivity contribution in [3.05, 3.63) is 0 Å². The lowest BCUT2D eigenvalue weighted by molar-refractivity contribution is -0.176. The molecule has 4 heteroatoms. The van der Waals surface area contributed by atoms with Gasteiger partial charge in [0.1, 0.15) is 12.2 Å². The summed E-state index contributed by atoms with van der Waals surface area (Å²) in [5.74, 6) is -0.708. The summed E-state index contributed by atoms with van der Waals surface area (Å²) in [6.45, 7) is 8.66. The van der Waals surface area contributed by atoms with Gasteiger partial charge < -0.3 is 14.2 Å². The quantitative estimate of drug-likeness (QED) is 0.374. The first-order chi connectivity index (χ1) is 10.9. The van der Waals surface area contributed by atoms with Crippen LogP contribution >= 0.6 is 0 Å². The Kier molecular flexibility index (Phi) is 9.15. The topological polar surface area (TPSA) is 44.8 Å². The molecule has 0 saturated carbocycles.